The van der Waals surface area contributed by atoms with E-state index in [1.54, 1.807) is 49.7 Å². The van der Waals surface area contributed by atoms with Crippen molar-refractivity contribution < 1.29 is 23.8 Å². The van der Waals surface area contributed by atoms with E-state index in [9.17, 15) is 9.90 Å². The molecule has 4 aromatic rings. The molecule has 1 aliphatic rings. The number of nitrogens with one attached hydrogen (secondary N) is 1. The maximum absolute atomic E-state index is 11.2. The van der Waals surface area contributed by atoms with Gasteiger partial charge in [-0.1, -0.05) is 29.8 Å². The molecule has 0 radical (unpaired) electrons. The smallest absolute Gasteiger partial charge is 0.335 e. The van der Waals surface area contributed by atoms with Crippen molar-refractivity contribution in [1.82, 2.24) is 10.3 Å². The maximum Gasteiger partial charge on any atom is 0.335 e. The molecule has 0 unspecified atom stereocenters. The average Bonchev–Trinajstić information content (AvgIpc) is 3.55. The Morgan fingerprint density at radius 2 is 1.95 bits per heavy atom. The zero-order valence-corrected chi connectivity index (χ0v) is 21.9. The third-order valence-corrected chi connectivity index (χ3v) is 6.78. The highest BCUT2D eigenvalue weighted by Crippen LogP contribution is 2.44. The number of nitrogens with zero attached hydrogens (tertiary/aromatic N) is 2. The van der Waals surface area contributed by atoms with Crippen molar-refractivity contribution in [3.05, 3.63) is 101 Å². The molecule has 0 aliphatic carbocycles. The lowest BCUT2D eigenvalue weighted by molar-refractivity contribution is 0.0697. The Morgan fingerprint density at radius 3 is 2.63 bits per heavy atom. The summed E-state index contributed by atoms with van der Waals surface area (Å²) >= 11 is 12.3. The topological polar surface area (TPSA) is 97.1 Å². The van der Waals surface area contributed by atoms with Gasteiger partial charge < -0.3 is 29.2 Å². The highest BCUT2D eigenvalue weighted by Gasteiger charge is 2.42. The van der Waals surface area contributed by atoms with E-state index < -0.39 is 5.97 Å². The van der Waals surface area contributed by atoms with E-state index in [2.05, 4.69) is 10.3 Å². The number of carboxylic acid groups (broad SMARTS) is 1. The molecule has 5 rings (SSSR count). The number of aromatic carboxylic acids is 1. The van der Waals surface area contributed by atoms with Crippen LogP contribution >= 0.6 is 23.8 Å². The zero-order valence-electron chi connectivity index (χ0n) is 20.3. The second-order valence-electron chi connectivity index (χ2n) is 8.54. The van der Waals surface area contributed by atoms with Crippen LogP contribution in [0.25, 0.3) is 11.3 Å². The largest absolute Gasteiger partial charge is 0.490 e. The Kier molecular flexibility index (Phi) is 7.59. The lowest BCUT2D eigenvalue weighted by atomic mass is 10.0. The SMILES string of the molecule is COCCOc1ccc(N2C(=S)N[C@@H](c3ccccn3)[C@H]2c2ccc(-c3ccc(C(=O)O)cc3)o2)cc1Cl. The van der Waals surface area contributed by atoms with E-state index in [4.69, 9.17) is 37.7 Å². The number of halogens is 1. The Hall–Kier alpha value is -3.92. The lowest BCUT2D eigenvalue weighted by Crippen LogP contribution is -2.29. The maximum atomic E-state index is 11.2. The first-order valence-electron chi connectivity index (χ1n) is 11.8. The minimum Gasteiger partial charge on any atom is -0.490 e. The van der Waals surface area contributed by atoms with Crippen LogP contribution in [0.5, 0.6) is 5.75 Å². The normalized spacial score (nSPS) is 16.9. The van der Waals surface area contributed by atoms with E-state index in [0.717, 1.165) is 16.9 Å². The number of hydrogen-bond donors (Lipinski definition) is 2. The number of anilines is 1. The highest BCUT2D eigenvalue weighted by atomic mass is 35.5. The number of hydrogen-bond acceptors (Lipinski definition) is 6. The second-order valence-corrected chi connectivity index (χ2v) is 9.33. The van der Waals surface area contributed by atoms with Gasteiger partial charge in [-0.25, -0.2) is 4.79 Å². The first-order chi connectivity index (χ1) is 18.5. The Morgan fingerprint density at radius 1 is 1.13 bits per heavy atom. The quantitative estimate of drug-likeness (QED) is 0.195. The number of thiocarbonyl (C=S) groups is 1. The molecule has 3 heterocycles. The molecule has 2 N–H and O–H groups in total. The number of ether oxygens (including phenoxy) is 2. The van der Waals surface area contributed by atoms with Crippen molar-refractivity contribution in [2.75, 3.05) is 25.2 Å². The molecule has 194 valence electrons. The van der Waals surface area contributed by atoms with E-state index in [1.165, 1.54) is 0 Å². The summed E-state index contributed by atoms with van der Waals surface area (Å²) in [7, 11) is 1.61. The van der Waals surface area contributed by atoms with Gasteiger partial charge in [0.05, 0.1) is 28.9 Å². The van der Waals surface area contributed by atoms with Crippen LogP contribution in [0.2, 0.25) is 5.02 Å². The molecule has 2 aromatic carbocycles. The van der Waals surface area contributed by atoms with E-state index in [1.807, 2.05) is 41.3 Å². The van der Waals surface area contributed by atoms with Crippen LogP contribution in [-0.2, 0) is 4.74 Å². The van der Waals surface area contributed by atoms with Gasteiger partial charge in [-0.05, 0) is 66.8 Å². The summed E-state index contributed by atoms with van der Waals surface area (Å²) in [5.74, 6) is 0.828. The number of pyridine rings is 1. The third kappa shape index (κ3) is 5.22. The summed E-state index contributed by atoms with van der Waals surface area (Å²) in [4.78, 5) is 17.7. The molecule has 1 fully saturated rings. The van der Waals surface area contributed by atoms with Crippen LogP contribution in [0.1, 0.15) is 33.9 Å². The highest BCUT2D eigenvalue weighted by molar-refractivity contribution is 7.80. The zero-order chi connectivity index (χ0) is 26.6. The molecule has 1 saturated heterocycles. The fraction of sp³-hybridized carbons (Fsp3) is 0.179. The van der Waals surface area contributed by atoms with Gasteiger partial charge >= 0.3 is 5.97 Å². The third-order valence-electron chi connectivity index (χ3n) is 6.17. The van der Waals surface area contributed by atoms with Crippen LogP contribution in [0, 0.1) is 0 Å². The Balaban J connectivity index is 1.51. The first-order valence-corrected chi connectivity index (χ1v) is 12.6. The van der Waals surface area contributed by atoms with Gasteiger partial charge in [-0.2, -0.15) is 0 Å². The number of furan rings is 1. The van der Waals surface area contributed by atoms with Crippen molar-refractivity contribution in [3.8, 4) is 17.1 Å². The van der Waals surface area contributed by atoms with Crippen molar-refractivity contribution in [1.29, 1.82) is 0 Å². The van der Waals surface area contributed by atoms with Crippen molar-refractivity contribution in [2.24, 2.45) is 0 Å². The van der Waals surface area contributed by atoms with Gasteiger partial charge in [0.15, 0.2) is 5.11 Å². The summed E-state index contributed by atoms with van der Waals surface area (Å²) in [5, 5.41) is 13.5. The van der Waals surface area contributed by atoms with Gasteiger partial charge in [-0.15, -0.1) is 0 Å². The van der Waals surface area contributed by atoms with Crippen LogP contribution < -0.4 is 15.0 Å². The second kappa shape index (κ2) is 11.2. The monoisotopic (exact) mass is 549 g/mol. The molecule has 8 nitrogen and oxygen atoms in total. The molecule has 0 saturated carbocycles. The summed E-state index contributed by atoms with van der Waals surface area (Å²) in [6, 6.07) is 20.8. The summed E-state index contributed by atoms with van der Waals surface area (Å²) in [5.41, 5.74) is 2.53. The number of benzene rings is 2. The predicted molar refractivity (Wildman–Crippen MR) is 148 cm³/mol. The average molecular weight is 550 g/mol. The van der Waals surface area contributed by atoms with Gasteiger partial charge in [-0.3, -0.25) is 4.98 Å². The summed E-state index contributed by atoms with van der Waals surface area (Å²) < 4.78 is 17.1. The lowest BCUT2D eigenvalue weighted by Gasteiger charge is -2.26. The Bertz CT molecular complexity index is 1440. The number of carboxylic acids is 1. The molecular weight excluding hydrogens is 526 g/mol. The molecule has 0 amide bonds. The molecule has 2 aromatic heterocycles. The van der Waals surface area contributed by atoms with Crippen LogP contribution in [0.3, 0.4) is 0 Å². The molecule has 10 heteroatoms. The Labute approximate surface area is 229 Å². The van der Waals surface area contributed by atoms with Gasteiger partial charge in [0.2, 0.25) is 0 Å². The number of methoxy groups -OCH3 is 1. The summed E-state index contributed by atoms with van der Waals surface area (Å²) in [6.07, 6.45) is 1.74. The van der Waals surface area contributed by atoms with E-state index >= 15 is 0 Å². The molecule has 38 heavy (non-hydrogen) atoms. The molecule has 1 aliphatic heterocycles. The van der Waals surface area contributed by atoms with Gasteiger partial charge in [0.25, 0.3) is 0 Å². The van der Waals surface area contributed by atoms with Crippen molar-refractivity contribution >= 4 is 40.6 Å². The number of aromatic nitrogens is 1. The van der Waals surface area contributed by atoms with Crippen molar-refractivity contribution in [2.45, 2.75) is 12.1 Å². The number of carbonyl (C=O) groups is 1. The summed E-state index contributed by atoms with van der Waals surface area (Å²) in [6.45, 7) is 0.831. The predicted octanol–water partition coefficient (Wildman–Crippen LogP) is 5.90. The number of rotatable bonds is 9. The van der Waals surface area contributed by atoms with E-state index in [-0.39, 0.29) is 17.6 Å². The molecule has 2 atom stereocenters. The van der Waals surface area contributed by atoms with Gasteiger partial charge in [0, 0.05) is 24.6 Å². The van der Waals surface area contributed by atoms with Crippen LogP contribution in [0.15, 0.2) is 83.4 Å². The standard InChI is InChI=1S/C28H24ClN3O5S/c1-35-14-15-36-23-10-9-19(16-20(23)29)32-26(25(31-28(32)38)21-4-2-3-13-30-21)24-12-11-22(37-24)17-5-7-18(8-6-17)27(33)34/h2-13,16,25-26H,14-15H2,1H3,(H,31,38)(H,33,34)/t25-,26+/m0/s1. The van der Waals surface area contributed by atoms with Gasteiger partial charge in [0.1, 0.15) is 29.9 Å². The molecule has 0 bridgehead atoms. The van der Waals surface area contributed by atoms with Crippen LogP contribution in [0.4, 0.5) is 5.69 Å². The minimum atomic E-state index is -0.982. The first kappa shape index (κ1) is 25.7. The molecular formula is C28H24ClN3O5S. The fourth-order valence-electron chi connectivity index (χ4n) is 4.36. The van der Waals surface area contributed by atoms with Crippen LogP contribution in [-0.4, -0.2) is 41.5 Å². The minimum absolute atomic E-state index is 0.207. The van der Waals surface area contributed by atoms with Crippen molar-refractivity contribution in [3.63, 3.8) is 0 Å². The van der Waals surface area contributed by atoms with E-state index in [0.29, 0.717) is 40.6 Å². The fourth-order valence-corrected chi connectivity index (χ4v) is 4.93. The molecule has 0 spiro atoms.